The number of benzene rings is 1. The molecule has 0 nitrogen and oxygen atoms in total. The smallest absolute Gasteiger partial charge is 0.137 e. The van der Waals surface area contributed by atoms with E-state index in [-0.39, 0.29) is 5.82 Å². The minimum atomic E-state index is -0.180. The summed E-state index contributed by atoms with van der Waals surface area (Å²) in [6, 6.07) is 3.51. The molecule has 0 atom stereocenters. The van der Waals surface area contributed by atoms with Gasteiger partial charge < -0.3 is 0 Å². The highest BCUT2D eigenvalue weighted by molar-refractivity contribution is 9.10. The lowest BCUT2D eigenvalue weighted by molar-refractivity contribution is 0.617. The molecule has 1 aliphatic carbocycles. The number of rotatable bonds is 1. The highest BCUT2D eigenvalue weighted by atomic mass is 79.9. The van der Waals surface area contributed by atoms with Crippen LogP contribution in [-0.4, -0.2) is 5.88 Å². The summed E-state index contributed by atoms with van der Waals surface area (Å²) >= 11 is 9.18. The second kappa shape index (κ2) is 4.89. The van der Waals surface area contributed by atoms with Crippen LogP contribution in [0.2, 0.25) is 0 Å². The Balaban J connectivity index is 2.60. The summed E-state index contributed by atoms with van der Waals surface area (Å²) < 4.78 is 14.0. The van der Waals surface area contributed by atoms with Gasteiger partial charge in [0.1, 0.15) is 5.82 Å². The fourth-order valence-electron chi connectivity index (χ4n) is 2.18. The average molecular weight is 304 g/mol. The molecule has 1 aromatic carbocycles. The van der Waals surface area contributed by atoms with Gasteiger partial charge in [-0.1, -0.05) is 5.57 Å². The first kappa shape index (κ1) is 12.1. The number of halogens is 3. The Morgan fingerprint density at radius 2 is 2.12 bits per heavy atom. The van der Waals surface area contributed by atoms with E-state index < -0.39 is 0 Å². The van der Waals surface area contributed by atoms with Crippen LogP contribution in [0.4, 0.5) is 4.39 Å². The van der Waals surface area contributed by atoms with Gasteiger partial charge in [0, 0.05) is 5.88 Å². The summed E-state index contributed by atoms with van der Waals surface area (Å²) in [6.45, 7) is 2.08. The van der Waals surface area contributed by atoms with Gasteiger partial charge in [0.25, 0.3) is 0 Å². The SMILES string of the molecule is CC1=C(CCl)CCCc2cc(F)c(Br)cc21. The third kappa shape index (κ3) is 2.18. The lowest BCUT2D eigenvalue weighted by Gasteiger charge is -2.10. The Bertz CT molecular complexity index is 451. The second-order valence-corrected chi connectivity index (χ2v) is 5.26. The van der Waals surface area contributed by atoms with E-state index in [1.165, 1.54) is 11.1 Å². The van der Waals surface area contributed by atoms with E-state index in [1.54, 1.807) is 6.07 Å². The molecule has 0 aliphatic heterocycles. The van der Waals surface area contributed by atoms with Crippen LogP contribution in [0.15, 0.2) is 22.2 Å². The Morgan fingerprint density at radius 3 is 2.81 bits per heavy atom. The molecule has 0 saturated heterocycles. The lowest BCUT2D eigenvalue weighted by atomic mass is 9.98. The largest absolute Gasteiger partial charge is 0.206 e. The van der Waals surface area contributed by atoms with Crippen molar-refractivity contribution >= 4 is 33.1 Å². The van der Waals surface area contributed by atoms with E-state index in [1.807, 2.05) is 6.07 Å². The Hall–Kier alpha value is -0.340. The minimum Gasteiger partial charge on any atom is -0.206 e. The van der Waals surface area contributed by atoms with E-state index in [4.69, 9.17) is 11.6 Å². The van der Waals surface area contributed by atoms with Gasteiger partial charge in [0.2, 0.25) is 0 Å². The molecule has 0 fully saturated rings. The molecule has 0 saturated carbocycles. The molecule has 0 N–H and O–H groups in total. The van der Waals surface area contributed by atoms with Gasteiger partial charge in [-0.05, 0) is 70.9 Å². The highest BCUT2D eigenvalue weighted by Gasteiger charge is 2.15. The van der Waals surface area contributed by atoms with E-state index >= 15 is 0 Å². The minimum absolute atomic E-state index is 0.180. The summed E-state index contributed by atoms with van der Waals surface area (Å²) in [6.07, 6.45) is 2.99. The molecular formula is C13H13BrClF. The van der Waals surface area contributed by atoms with Crippen LogP contribution in [0, 0.1) is 5.82 Å². The van der Waals surface area contributed by atoms with E-state index in [0.717, 1.165) is 30.4 Å². The van der Waals surface area contributed by atoms with Gasteiger partial charge in [0.05, 0.1) is 4.47 Å². The second-order valence-electron chi connectivity index (χ2n) is 4.14. The maximum atomic E-state index is 13.5. The van der Waals surface area contributed by atoms with Gasteiger partial charge in [-0.3, -0.25) is 0 Å². The average Bonchev–Trinajstić information content (AvgIpc) is 2.41. The van der Waals surface area contributed by atoms with Gasteiger partial charge in [0.15, 0.2) is 0 Å². The zero-order valence-corrected chi connectivity index (χ0v) is 11.5. The summed E-state index contributed by atoms with van der Waals surface area (Å²) in [7, 11) is 0. The van der Waals surface area contributed by atoms with Gasteiger partial charge in [-0.2, -0.15) is 0 Å². The van der Waals surface area contributed by atoms with Crippen LogP contribution in [0.25, 0.3) is 5.57 Å². The van der Waals surface area contributed by atoms with E-state index in [0.29, 0.717) is 10.4 Å². The number of fused-ring (bicyclic) bond motifs is 1. The molecule has 0 spiro atoms. The number of allylic oxidation sites excluding steroid dienone is 2. The normalized spacial score (nSPS) is 16.0. The van der Waals surface area contributed by atoms with Crippen LogP contribution >= 0.6 is 27.5 Å². The fourth-order valence-corrected chi connectivity index (χ4v) is 2.86. The molecule has 1 aromatic rings. The molecule has 0 aromatic heterocycles. The summed E-state index contributed by atoms with van der Waals surface area (Å²) in [5.74, 6) is 0.390. The number of aryl methyl sites for hydroxylation is 1. The Kier molecular flexibility index (Phi) is 3.70. The van der Waals surface area contributed by atoms with E-state index in [9.17, 15) is 4.39 Å². The van der Waals surface area contributed by atoms with Crippen molar-refractivity contribution in [2.24, 2.45) is 0 Å². The molecule has 0 bridgehead atoms. The summed E-state index contributed by atoms with van der Waals surface area (Å²) in [4.78, 5) is 0. The lowest BCUT2D eigenvalue weighted by Crippen LogP contribution is -1.93. The molecule has 0 radical (unpaired) electrons. The highest BCUT2D eigenvalue weighted by Crippen LogP contribution is 2.33. The first-order valence-electron chi connectivity index (χ1n) is 5.36. The Morgan fingerprint density at radius 1 is 1.38 bits per heavy atom. The molecule has 3 heteroatoms. The summed E-state index contributed by atoms with van der Waals surface area (Å²) in [5, 5.41) is 0. The molecule has 0 heterocycles. The van der Waals surface area contributed by atoms with Crippen LogP contribution in [0.3, 0.4) is 0 Å². The predicted molar refractivity (Wildman–Crippen MR) is 70.4 cm³/mol. The summed E-state index contributed by atoms with van der Waals surface area (Å²) in [5.41, 5.74) is 4.72. The Labute approximate surface area is 109 Å². The van der Waals surface area contributed by atoms with Crippen molar-refractivity contribution in [3.63, 3.8) is 0 Å². The van der Waals surface area contributed by atoms with Crippen LogP contribution in [0.1, 0.15) is 30.9 Å². The molecule has 86 valence electrons. The molecule has 1 aliphatic rings. The topological polar surface area (TPSA) is 0 Å². The monoisotopic (exact) mass is 302 g/mol. The first-order valence-corrected chi connectivity index (χ1v) is 6.69. The molecule has 2 rings (SSSR count). The fraction of sp³-hybridized carbons (Fsp3) is 0.385. The zero-order chi connectivity index (χ0) is 11.7. The molecule has 0 unspecified atom stereocenters. The maximum absolute atomic E-state index is 13.5. The quantitative estimate of drug-likeness (QED) is 0.645. The van der Waals surface area contributed by atoms with Gasteiger partial charge >= 0.3 is 0 Å². The van der Waals surface area contributed by atoms with Crippen molar-refractivity contribution in [3.8, 4) is 0 Å². The third-order valence-electron chi connectivity index (χ3n) is 3.17. The molecular weight excluding hydrogens is 290 g/mol. The van der Waals surface area contributed by atoms with Gasteiger partial charge in [-0.15, -0.1) is 11.6 Å². The molecule has 0 amide bonds. The molecule has 16 heavy (non-hydrogen) atoms. The zero-order valence-electron chi connectivity index (χ0n) is 9.12. The first-order chi connectivity index (χ1) is 7.63. The van der Waals surface area contributed by atoms with Crippen LogP contribution < -0.4 is 0 Å². The van der Waals surface area contributed by atoms with Crippen molar-refractivity contribution in [2.75, 3.05) is 5.88 Å². The number of alkyl halides is 1. The predicted octanol–water partition coefficient (Wildman–Crippen LogP) is 4.94. The van der Waals surface area contributed by atoms with Crippen molar-refractivity contribution < 1.29 is 4.39 Å². The van der Waals surface area contributed by atoms with Crippen molar-refractivity contribution in [1.82, 2.24) is 0 Å². The third-order valence-corrected chi connectivity index (χ3v) is 4.10. The van der Waals surface area contributed by atoms with Crippen molar-refractivity contribution in [3.05, 3.63) is 39.1 Å². The maximum Gasteiger partial charge on any atom is 0.137 e. The van der Waals surface area contributed by atoms with Crippen molar-refractivity contribution in [1.29, 1.82) is 0 Å². The van der Waals surface area contributed by atoms with Crippen molar-refractivity contribution in [2.45, 2.75) is 26.2 Å². The van der Waals surface area contributed by atoms with Gasteiger partial charge in [-0.25, -0.2) is 4.39 Å². The standard InChI is InChI=1S/C13H13BrClF/c1-8-10(7-15)4-2-3-9-5-13(16)12(14)6-11(8)9/h5-6H,2-4,7H2,1H3. The van der Waals surface area contributed by atoms with Crippen LogP contribution in [-0.2, 0) is 6.42 Å². The number of hydrogen-bond donors (Lipinski definition) is 0. The van der Waals surface area contributed by atoms with Crippen LogP contribution in [0.5, 0.6) is 0 Å². The van der Waals surface area contributed by atoms with E-state index in [2.05, 4.69) is 22.9 Å². The number of hydrogen-bond acceptors (Lipinski definition) is 0.